The van der Waals surface area contributed by atoms with E-state index in [0.717, 1.165) is 29.2 Å². The van der Waals surface area contributed by atoms with Gasteiger partial charge in [-0.1, -0.05) is 25.3 Å². The summed E-state index contributed by atoms with van der Waals surface area (Å²) in [6.07, 6.45) is 6.01. The Balaban J connectivity index is 1.52. The van der Waals surface area contributed by atoms with Gasteiger partial charge in [0.05, 0.1) is 15.8 Å². The number of carbonyl (C=O) groups is 1. The number of amides is 1. The number of thioether (sulfide) groups is 1. The largest absolute Gasteiger partial charge is 0.440 e. The van der Waals surface area contributed by atoms with E-state index in [1.165, 1.54) is 19.3 Å². The smallest absolute Gasteiger partial charge is 0.236 e. The average Bonchev–Trinajstić information content (AvgIpc) is 3.23. The molecule has 2 aromatic rings. The number of rotatable bonds is 6. The fourth-order valence-electron chi connectivity index (χ4n) is 2.91. The predicted molar refractivity (Wildman–Crippen MR) is 100 cm³/mol. The minimum absolute atomic E-state index is 0.0757. The number of hydrogen-bond donors (Lipinski definition) is 1. The molecule has 1 aliphatic rings. The van der Waals surface area contributed by atoms with E-state index in [1.807, 2.05) is 31.4 Å². The van der Waals surface area contributed by atoms with E-state index in [1.54, 1.807) is 23.1 Å². The quantitative estimate of drug-likeness (QED) is 0.801. The first-order valence-corrected chi connectivity index (χ1v) is 10.5. The van der Waals surface area contributed by atoms with Crippen LogP contribution in [0, 0.1) is 6.92 Å². The summed E-state index contributed by atoms with van der Waals surface area (Å²) >= 11 is 3.24. The fraction of sp³-hybridized carbons (Fsp3) is 0.556. The Bertz CT molecular complexity index is 661. The molecule has 0 bridgehead atoms. The first kappa shape index (κ1) is 17.5. The Labute approximate surface area is 151 Å². The summed E-state index contributed by atoms with van der Waals surface area (Å²) in [5.74, 6) is 2.36. The molecule has 1 atom stereocenters. The highest BCUT2D eigenvalue weighted by atomic mass is 32.2. The van der Waals surface area contributed by atoms with E-state index in [4.69, 9.17) is 4.42 Å². The Morgan fingerprint density at radius 3 is 2.96 bits per heavy atom. The van der Waals surface area contributed by atoms with Gasteiger partial charge >= 0.3 is 0 Å². The highest BCUT2D eigenvalue weighted by Gasteiger charge is 2.21. The standard InChI is InChI=1S/C18H24N2O2S2/c1-12-15(20-18(22-12)16-9-6-10-23-16)11-24-13(2)17(21)19-14-7-4-3-5-8-14/h6,9-10,13-14H,3-5,7-8,11H2,1-2H3,(H,19,21). The molecule has 1 fully saturated rings. The normalized spacial score (nSPS) is 16.9. The van der Waals surface area contributed by atoms with Crippen LogP contribution in [0.5, 0.6) is 0 Å². The highest BCUT2D eigenvalue weighted by Crippen LogP contribution is 2.28. The summed E-state index contributed by atoms with van der Waals surface area (Å²) in [4.78, 5) is 18.0. The molecule has 24 heavy (non-hydrogen) atoms. The van der Waals surface area contributed by atoms with Crippen molar-refractivity contribution in [2.75, 3.05) is 0 Å². The molecular formula is C18H24N2O2S2. The van der Waals surface area contributed by atoms with E-state index in [9.17, 15) is 4.79 Å². The van der Waals surface area contributed by atoms with Gasteiger partial charge in [-0.25, -0.2) is 4.98 Å². The van der Waals surface area contributed by atoms with Gasteiger partial charge < -0.3 is 9.73 Å². The molecule has 1 aliphatic carbocycles. The van der Waals surface area contributed by atoms with Crippen LogP contribution in [0.15, 0.2) is 21.9 Å². The molecule has 0 saturated heterocycles. The number of nitrogens with one attached hydrogen (secondary N) is 1. The lowest BCUT2D eigenvalue weighted by Gasteiger charge is -2.24. The van der Waals surface area contributed by atoms with Crippen LogP contribution in [-0.2, 0) is 10.5 Å². The minimum atomic E-state index is -0.0757. The average molecular weight is 365 g/mol. The summed E-state index contributed by atoms with van der Waals surface area (Å²) in [7, 11) is 0. The molecular weight excluding hydrogens is 340 g/mol. The van der Waals surface area contributed by atoms with E-state index in [0.29, 0.717) is 17.7 Å². The third-order valence-electron chi connectivity index (χ3n) is 4.42. The van der Waals surface area contributed by atoms with Crippen LogP contribution in [0.1, 0.15) is 50.5 Å². The molecule has 1 saturated carbocycles. The van der Waals surface area contributed by atoms with E-state index in [-0.39, 0.29) is 11.2 Å². The number of thiophene rings is 1. The van der Waals surface area contributed by atoms with Crippen molar-refractivity contribution in [3.8, 4) is 10.8 Å². The van der Waals surface area contributed by atoms with Gasteiger partial charge in [-0.2, -0.15) is 0 Å². The Hall–Kier alpha value is -1.27. The van der Waals surface area contributed by atoms with Crippen molar-refractivity contribution in [1.29, 1.82) is 0 Å². The third kappa shape index (κ3) is 4.42. The van der Waals surface area contributed by atoms with Gasteiger partial charge in [0.25, 0.3) is 0 Å². The molecule has 1 N–H and O–H groups in total. The number of carbonyl (C=O) groups excluding carboxylic acids is 1. The molecule has 2 heterocycles. The van der Waals surface area contributed by atoms with Crippen molar-refractivity contribution < 1.29 is 9.21 Å². The zero-order valence-electron chi connectivity index (χ0n) is 14.2. The van der Waals surface area contributed by atoms with Crippen LogP contribution in [-0.4, -0.2) is 22.2 Å². The fourth-order valence-corrected chi connectivity index (χ4v) is 4.46. The monoisotopic (exact) mass is 364 g/mol. The van der Waals surface area contributed by atoms with Gasteiger partial charge in [-0.3, -0.25) is 4.79 Å². The first-order valence-electron chi connectivity index (χ1n) is 8.55. The molecule has 130 valence electrons. The third-order valence-corrected chi connectivity index (χ3v) is 6.43. The lowest BCUT2D eigenvalue weighted by Crippen LogP contribution is -2.40. The second-order valence-corrected chi connectivity index (χ2v) is 8.57. The molecule has 2 aromatic heterocycles. The van der Waals surface area contributed by atoms with Gasteiger partial charge in [-0.05, 0) is 38.1 Å². The van der Waals surface area contributed by atoms with Crippen LogP contribution in [0.2, 0.25) is 0 Å². The van der Waals surface area contributed by atoms with Gasteiger partial charge in [-0.15, -0.1) is 23.1 Å². The number of hydrogen-bond acceptors (Lipinski definition) is 5. The van der Waals surface area contributed by atoms with Crippen molar-refractivity contribution in [1.82, 2.24) is 10.3 Å². The second-order valence-electron chi connectivity index (χ2n) is 6.30. The molecule has 0 aliphatic heterocycles. The van der Waals surface area contributed by atoms with Crippen LogP contribution >= 0.6 is 23.1 Å². The van der Waals surface area contributed by atoms with Crippen LogP contribution in [0.4, 0.5) is 0 Å². The van der Waals surface area contributed by atoms with Crippen molar-refractivity contribution in [3.05, 3.63) is 29.0 Å². The summed E-state index contributed by atoms with van der Waals surface area (Å²) in [6.45, 7) is 3.91. The Kier molecular flexibility index (Phi) is 6.00. The number of oxazole rings is 1. The van der Waals surface area contributed by atoms with Crippen molar-refractivity contribution >= 4 is 29.0 Å². The Morgan fingerprint density at radius 1 is 1.46 bits per heavy atom. The molecule has 4 nitrogen and oxygen atoms in total. The van der Waals surface area contributed by atoms with Gasteiger partial charge in [0.15, 0.2) is 0 Å². The minimum Gasteiger partial charge on any atom is -0.440 e. The molecule has 0 aromatic carbocycles. The maximum Gasteiger partial charge on any atom is 0.236 e. The number of aryl methyl sites for hydroxylation is 1. The number of nitrogens with zero attached hydrogens (tertiary/aromatic N) is 1. The lowest BCUT2D eigenvalue weighted by molar-refractivity contribution is -0.121. The summed E-state index contributed by atoms with van der Waals surface area (Å²) < 4.78 is 5.76. The van der Waals surface area contributed by atoms with Gasteiger partial charge in [0.1, 0.15) is 5.76 Å². The second kappa shape index (κ2) is 8.21. The van der Waals surface area contributed by atoms with Gasteiger partial charge in [0.2, 0.25) is 11.8 Å². The van der Waals surface area contributed by atoms with Crippen molar-refractivity contribution in [2.24, 2.45) is 0 Å². The summed E-state index contributed by atoms with van der Waals surface area (Å²) in [5.41, 5.74) is 0.931. The van der Waals surface area contributed by atoms with Crippen molar-refractivity contribution in [3.63, 3.8) is 0 Å². The predicted octanol–water partition coefficient (Wildman–Crippen LogP) is 4.78. The molecule has 0 radical (unpaired) electrons. The first-order chi connectivity index (χ1) is 11.6. The topological polar surface area (TPSA) is 55.1 Å². The van der Waals surface area contributed by atoms with Crippen LogP contribution < -0.4 is 5.32 Å². The lowest BCUT2D eigenvalue weighted by atomic mass is 9.95. The molecule has 1 unspecified atom stereocenters. The summed E-state index contributed by atoms with van der Waals surface area (Å²) in [6, 6.07) is 4.37. The molecule has 6 heteroatoms. The SMILES string of the molecule is Cc1oc(-c2cccs2)nc1CSC(C)C(=O)NC1CCCCC1. The maximum absolute atomic E-state index is 12.3. The van der Waals surface area contributed by atoms with Crippen LogP contribution in [0.3, 0.4) is 0 Å². The molecule has 1 amide bonds. The van der Waals surface area contributed by atoms with Crippen LogP contribution in [0.25, 0.3) is 10.8 Å². The number of aromatic nitrogens is 1. The van der Waals surface area contributed by atoms with Gasteiger partial charge in [0, 0.05) is 11.8 Å². The molecule has 3 rings (SSSR count). The Morgan fingerprint density at radius 2 is 2.25 bits per heavy atom. The zero-order valence-corrected chi connectivity index (χ0v) is 15.8. The van der Waals surface area contributed by atoms with E-state index >= 15 is 0 Å². The zero-order chi connectivity index (χ0) is 16.9. The molecule has 0 spiro atoms. The van der Waals surface area contributed by atoms with Crippen molar-refractivity contribution in [2.45, 2.75) is 63.0 Å². The highest BCUT2D eigenvalue weighted by molar-refractivity contribution is 7.99. The van der Waals surface area contributed by atoms with E-state index in [2.05, 4.69) is 10.3 Å². The van der Waals surface area contributed by atoms with E-state index < -0.39 is 0 Å². The summed E-state index contributed by atoms with van der Waals surface area (Å²) in [5, 5.41) is 5.13. The maximum atomic E-state index is 12.3.